The third-order valence-corrected chi connectivity index (χ3v) is 10.7. The predicted octanol–water partition coefficient (Wildman–Crippen LogP) is 6.68. The van der Waals surface area contributed by atoms with Crippen LogP contribution in [0.4, 0.5) is 0 Å². The maximum absolute atomic E-state index is 11.6. The number of carboxylic acids is 1. The number of rotatable bonds is 20. The molecular weight excluding hydrogens is 626 g/mol. The van der Waals surface area contributed by atoms with Crippen molar-refractivity contribution in [1.82, 2.24) is 36.4 Å². The number of hydroxylamine groups is 1. The minimum absolute atomic E-state index is 0.0718. The molecule has 274 valence electrons. The summed E-state index contributed by atoms with van der Waals surface area (Å²) in [6, 6.07) is 1.19. The Morgan fingerprint density at radius 2 is 1.12 bits per heavy atom. The molecule has 2 aromatic heterocycles. The lowest BCUT2D eigenvalue weighted by Crippen LogP contribution is -2.21. The molecule has 0 radical (unpaired) electrons. The Balaban J connectivity index is 0.000000191. The first kappa shape index (κ1) is 37.4. The molecule has 0 aliphatic heterocycles. The Bertz CT molecular complexity index is 1250. The molecule has 2 aromatic rings. The van der Waals surface area contributed by atoms with Crippen molar-refractivity contribution in [2.75, 3.05) is 0 Å². The van der Waals surface area contributed by atoms with Crippen molar-refractivity contribution in [2.45, 2.75) is 178 Å². The summed E-state index contributed by atoms with van der Waals surface area (Å²) in [6.07, 6.45) is 24.7. The van der Waals surface area contributed by atoms with Crippen molar-refractivity contribution in [3.63, 3.8) is 0 Å². The van der Waals surface area contributed by atoms with Crippen molar-refractivity contribution < 1.29 is 28.9 Å². The SMILES string of the molecule is O=C(C[C@@H](CCCC1CCCCC1)c1nc(CNC2CC2)no1)NO.O=C(O)C[C@@H](CCCC1CCCCC1)c1nc(CNC2CC2)no1. The first-order valence-corrected chi connectivity index (χ1v) is 19.2. The molecule has 13 nitrogen and oxygen atoms in total. The van der Waals surface area contributed by atoms with Crippen molar-refractivity contribution in [3.05, 3.63) is 23.4 Å². The highest BCUT2D eigenvalue weighted by atomic mass is 16.5. The van der Waals surface area contributed by atoms with E-state index in [1.165, 1.54) is 103 Å². The molecule has 13 heteroatoms. The number of nitrogens with zero attached hydrogens (tertiary/aromatic N) is 4. The molecule has 4 saturated carbocycles. The van der Waals surface area contributed by atoms with E-state index < -0.39 is 11.9 Å². The monoisotopic (exact) mass is 685 g/mol. The summed E-state index contributed by atoms with van der Waals surface area (Å²) in [6.45, 7) is 1.21. The Labute approximate surface area is 290 Å². The first-order valence-electron chi connectivity index (χ1n) is 19.2. The average molecular weight is 686 g/mol. The van der Waals surface area contributed by atoms with Gasteiger partial charge in [0, 0.05) is 30.3 Å². The topological polar surface area (TPSA) is 189 Å². The number of aliphatic carboxylic acids is 1. The van der Waals surface area contributed by atoms with Crippen molar-refractivity contribution in [3.8, 4) is 0 Å². The van der Waals surface area contributed by atoms with Crippen molar-refractivity contribution in [1.29, 1.82) is 0 Å². The molecule has 4 fully saturated rings. The molecule has 0 aromatic carbocycles. The van der Waals surface area contributed by atoms with Gasteiger partial charge in [-0.3, -0.25) is 14.8 Å². The first-order chi connectivity index (χ1) is 23.9. The summed E-state index contributed by atoms with van der Waals surface area (Å²) >= 11 is 0. The molecule has 0 saturated heterocycles. The van der Waals surface area contributed by atoms with Gasteiger partial charge in [0.15, 0.2) is 11.6 Å². The highest BCUT2D eigenvalue weighted by Crippen LogP contribution is 2.32. The zero-order chi connectivity index (χ0) is 34.3. The molecule has 5 N–H and O–H groups in total. The maximum atomic E-state index is 11.6. The summed E-state index contributed by atoms with van der Waals surface area (Å²) in [5.74, 6) is 2.45. The second kappa shape index (κ2) is 20.1. The third kappa shape index (κ3) is 14.1. The van der Waals surface area contributed by atoms with Crippen molar-refractivity contribution in [2.24, 2.45) is 11.8 Å². The molecule has 0 bridgehead atoms. The standard InChI is InChI=1S/C18H30N4O3.C18H29N3O3/c23-17(21-24)11-14(8-4-7-13-5-2-1-3-6-13)18-20-16(22-25-18)12-19-15-9-10-15;22-17(23)11-14(8-4-7-13-5-2-1-3-6-13)18-20-16(21-24-18)12-19-15-9-10-15/h13-15,19,24H,1-12H2,(H,21,23);13-15,19H,1-12H2,(H,22,23)/t2*14-/m11/s1. The molecular formula is C36H59N7O6. The largest absolute Gasteiger partial charge is 0.481 e. The normalized spacial score (nSPS) is 19.9. The van der Waals surface area contributed by atoms with E-state index in [0.717, 1.165) is 37.5 Å². The van der Waals surface area contributed by atoms with Gasteiger partial charge in [-0.15, -0.1) is 0 Å². The number of hydrogen-bond acceptors (Lipinski definition) is 11. The highest BCUT2D eigenvalue weighted by Gasteiger charge is 2.26. The van der Waals surface area contributed by atoms with Crippen LogP contribution in [0.15, 0.2) is 9.05 Å². The van der Waals surface area contributed by atoms with Crippen LogP contribution in [0, 0.1) is 11.8 Å². The molecule has 0 unspecified atom stereocenters. The molecule has 1 amide bonds. The summed E-state index contributed by atoms with van der Waals surface area (Å²) < 4.78 is 10.8. The zero-order valence-corrected chi connectivity index (χ0v) is 29.3. The van der Waals surface area contributed by atoms with Gasteiger partial charge >= 0.3 is 5.97 Å². The maximum Gasteiger partial charge on any atom is 0.304 e. The molecule has 2 heterocycles. The Kier molecular flexibility index (Phi) is 15.3. The van der Waals surface area contributed by atoms with E-state index in [1.54, 1.807) is 5.48 Å². The van der Waals surface area contributed by atoms with Gasteiger partial charge in [0.1, 0.15) is 0 Å². The molecule has 4 aliphatic rings. The van der Waals surface area contributed by atoms with E-state index in [4.69, 9.17) is 14.3 Å². The Morgan fingerprint density at radius 1 is 0.673 bits per heavy atom. The van der Waals surface area contributed by atoms with Gasteiger partial charge in [-0.1, -0.05) is 100 Å². The number of nitrogens with one attached hydrogen (secondary N) is 3. The van der Waals surface area contributed by atoms with Crippen molar-refractivity contribution >= 4 is 11.9 Å². The van der Waals surface area contributed by atoms with Crippen LogP contribution >= 0.6 is 0 Å². The van der Waals surface area contributed by atoms with Gasteiger partial charge in [-0.25, -0.2) is 5.48 Å². The number of carbonyl (C=O) groups is 2. The van der Waals surface area contributed by atoms with Crippen LogP contribution in [0.2, 0.25) is 0 Å². The lowest BCUT2D eigenvalue weighted by atomic mass is 9.84. The van der Waals surface area contributed by atoms with Gasteiger partial charge < -0.3 is 24.8 Å². The van der Waals surface area contributed by atoms with Crippen LogP contribution < -0.4 is 16.1 Å². The minimum Gasteiger partial charge on any atom is -0.481 e. The summed E-state index contributed by atoms with van der Waals surface area (Å²) in [5.41, 5.74) is 1.72. The number of aromatic nitrogens is 4. The van der Waals surface area contributed by atoms with Crippen LogP contribution in [-0.2, 0) is 22.7 Å². The van der Waals surface area contributed by atoms with E-state index >= 15 is 0 Å². The summed E-state index contributed by atoms with van der Waals surface area (Å²) in [7, 11) is 0. The van der Waals surface area contributed by atoms with E-state index in [9.17, 15) is 14.7 Å². The third-order valence-electron chi connectivity index (χ3n) is 10.7. The highest BCUT2D eigenvalue weighted by molar-refractivity contribution is 5.75. The lowest BCUT2D eigenvalue weighted by Gasteiger charge is -2.22. The lowest BCUT2D eigenvalue weighted by molar-refractivity contribution is -0.137. The minimum atomic E-state index is -0.798. The predicted molar refractivity (Wildman–Crippen MR) is 181 cm³/mol. The van der Waals surface area contributed by atoms with Crippen LogP contribution in [-0.4, -0.2) is 54.6 Å². The van der Waals surface area contributed by atoms with Gasteiger partial charge in [0.05, 0.1) is 19.5 Å². The number of hydrogen-bond donors (Lipinski definition) is 5. The Hall–Kier alpha value is -2.90. The number of carbonyl (C=O) groups excluding carboxylic acids is 1. The van der Waals surface area contributed by atoms with Crippen LogP contribution in [0.3, 0.4) is 0 Å². The summed E-state index contributed by atoms with van der Waals surface area (Å²) in [4.78, 5) is 31.7. The fraction of sp³-hybridized carbons (Fsp3) is 0.833. The second-order valence-corrected chi connectivity index (χ2v) is 15.0. The van der Waals surface area contributed by atoms with E-state index in [-0.39, 0.29) is 24.7 Å². The average Bonchev–Trinajstić information content (AvgIpc) is 4.04. The molecule has 0 spiro atoms. The van der Waals surface area contributed by atoms with E-state index in [1.807, 2.05) is 0 Å². The fourth-order valence-electron chi connectivity index (χ4n) is 7.42. The van der Waals surface area contributed by atoms with Gasteiger partial charge in [-0.05, 0) is 50.4 Å². The molecule has 6 rings (SSSR count). The fourth-order valence-corrected chi connectivity index (χ4v) is 7.42. The number of amides is 1. The van der Waals surface area contributed by atoms with E-state index in [0.29, 0.717) is 48.6 Å². The quantitative estimate of drug-likeness (QED) is 0.0735. The molecule has 49 heavy (non-hydrogen) atoms. The van der Waals surface area contributed by atoms with Crippen LogP contribution in [0.25, 0.3) is 0 Å². The zero-order valence-electron chi connectivity index (χ0n) is 29.3. The van der Waals surface area contributed by atoms with Gasteiger partial charge in [0.25, 0.3) is 0 Å². The van der Waals surface area contributed by atoms with Gasteiger partial charge in [0.2, 0.25) is 17.7 Å². The Morgan fingerprint density at radius 3 is 1.53 bits per heavy atom. The molecule has 2 atom stereocenters. The molecule has 4 aliphatic carbocycles. The van der Waals surface area contributed by atoms with Crippen LogP contribution in [0.1, 0.15) is 177 Å². The summed E-state index contributed by atoms with van der Waals surface area (Å²) in [5, 5.41) is 32.8. The van der Waals surface area contributed by atoms with E-state index in [2.05, 4.69) is 30.9 Å². The second-order valence-electron chi connectivity index (χ2n) is 15.0. The van der Waals surface area contributed by atoms with Crippen LogP contribution in [0.5, 0.6) is 0 Å². The number of carboxylic acid groups (broad SMARTS) is 1. The smallest absolute Gasteiger partial charge is 0.304 e. The van der Waals surface area contributed by atoms with Gasteiger partial charge in [-0.2, -0.15) is 9.97 Å².